The fourth-order valence-electron chi connectivity index (χ4n) is 2.04. The van der Waals surface area contributed by atoms with E-state index in [9.17, 15) is 4.79 Å². The van der Waals surface area contributed by atoms with Crippen molar-refractivity contribution >= 4 is 49.6 Å². The van der Waals surface area contributed by atoms with Crippen molar-refractivity contribution in [2.75, 3.05) is 18.1 Å². The van der Waals surface area contributed by atoms with Gasteiger partial charge in [-0.25, -0.2) is 0 Å². The van der Waals surface area contributed by atoms with Crippen LogP contribution in [0.1, 0.15) is 12.1 Å². The van der Waals surface area contributed by atoms with Crippen LogP contribution in [0.4, 0.5) is 0 Å². The van der Waals surface area contributed by atoms with Crippen LogP contribution >= 0.6 is 43.6 Å². The van der Waals surface area contributed by atoms with E-state index in [4.69, 9.17) is 5.11 Å². The molecule has 0 aliphatic carbocycles. The smallest absolute Gasteiger partial charge is 0.304 e. The van der Waals surface area contributed by atoms with Crippen molar-refractivity contribution in [2.45, 2.75) is 19.0 Å². The lowest BCUT2D eigenvalue weighted by molar-refractivity contribution is -0.138. The molecule has 0 saturated carbocycles. The first-order valence-electron chi connectivity index (χ1n) is 5.90. The summed E-state index contributed by atoms with van der Waals surface area (Å²) in [6.07, 6.45) is 1.96. The second kappa shape index (κ2) is 7.06. The topological polar surface area (TPSA) is 53.4 Å². The molecule has 1 unspecified atom stereocenters. The van der Waals surface area contributed by atoms with E-state index in [1.807, 2.05) is 17.8 Å². The minimum absolute atomic E-state index is 0.0913. The third-order valence-electron chi connectivity index (χ3n) is 3.00. The van der Waals surface area contributed by atoms with Gasteiger partial charge in [-0.05, 0) is 37.9 Å². The van der Waals surface area contributed by atoms with Crippen LogP contribution in [0.5, 0.6) is 0 Å². The third-order valence-corrected chi connectivity index (χ3v) is 5.21. The molecule has 0 amide bonds. The predicted molar refractivity (Wildman–Crippen MR) is 83.4 cm³/mol. The van der Waals surface area contributed by atoms with Gasteiger partial charge >= 0.3 is 5.97 Å². The van der Waals surface area contributed by atoms with Gasteiger partial charge in [0, 0.05) is 45.8 Å². The summed E-state index contributed by atoms with van der Waals surface area (Å²) < 4.78 is 1.88. The van der Waals surface area contributed by atoms with Crippen molar-refractivity contribution < 1.29 is 9.90 Å². The first-order chi connectivity index (χ1) is 9.06. The Labute approximate surface area is 133 Å². The SMILES string of the molecule is O=C(O)CC1CSCCN1Cc1ncc(Br)cc1Br. The summed E-state index contributed by atoms with van der Waals surface area (Å²) in [4.78, 5) is 17.5. The second-order valence-electron chi connectivity index (χ2n) is 4.38. The van der Waals surface area contributed by atoms with E-state index in [1.165, 1.54) is 0 Å². The van der Waals surface area contributed by atoms with E-state index in [1.54, 1.807) is 6.20 Å². The Morgan fingerprint density at radius 3 is 3.05 bits per heavy atom. The van der Waals surface area contributed by atoms with Gasteiger partial charge in [-0.2, -0.15) is 11.8 Å². The highest BCUT2D eigenvalue weighted by Gasteiger charge is 2.25. The highest BCUT2D eigenvalue weighted by atomic mass is 79.9. The molecule has 1 aromatic rings. The summed E-state index contributed by atoms with van der Waals surface area (Å²) in [5, 5.41) is 8.97. The minimum atomic E-state index is -0.736. The number of halogens is 2. The summed E-state index contributed by atoms with van der Waals surface area (Å²) in [5.41, 5.74) is 0.950. The monoisotopic (exact) mass is 408 g/mol. The van der Waals surface area contributed by atoms with E-state index in [0.29, 0.717) is 6.54 Å². The number of carbonyl (C=O) groups is 1. The molecular formula is C12H14Br2N2O2S. The summed E-state index contributed by atoms with van der Waals surface area (Å²) in [6, 6.07) is 2.06. The lowest BCUT2D eigenvalue weighted by Gasteiger charge is -2.34. The van der Waals surface area contributed by atoms with Crippen LogP contribution in [-0.4, -0.2) is 45.1 Å². The third kappa shape index (κ3) is 4.44. The number of thioether (sulfide) groups is 1. The van der Waals surface area contributed by atoms with E-state index in [-0.39, 0.29) is 12.5 Å². The molecule has 1 aliphatic heterocycles. The Bertz CT molecular complexity index is 473. The van der Waals surface area contributed by atoms with Crippen molar-refractivity contribution in [3.8, 4) is 0 Å². The van der Waals surface area contributed by atoms with Crippen molar-refractivity contribution in [1.82, 2.24) is 9.88 Å². The Morgan fingerprint density at radius 2 is 2.37 bits per heavy atom. The Kier molecular flexibility index (Phi) is 5.68. The molecule has 1 saturated heterocycles. The van der Waals surface area contributed by atoms with Gasteiger partial charge in [0.15, 0.2) is 0 Å². The molecule has 2 heterocycles. The van der Waals surface area contributed by atoms with Crippen LogP contribution in [0.3, 0.4) is 0 Å². The van der Waals surface area contributed by atoms with Crippen molar-refractivity contribution in [3.63, 3.8) is 0 Å². The largest absolute Gasteiger partial charge is 0.481 e. The summed E-state index contributed by atoms with van der Waals surface area (Å²) in [6.45, 7) is 1.60. The van der Waals surface area contributed by atoms with E-state index in [0.717, 1.165) is 32.7 Å². The molecule has 0 spiro atoms. The molecule has 1 aromatic heterocycles. The molecule has 1 atom stereocenters. The van der Waals surface area contributed by atoms with Crippen LogP contribution in [0, 0.1) is 0 Å². The maximum absolute atomic E-state index is 10.9. The van der Waals surface area contributed by atoms with Gasteiger partial charge in [0.05, 0.1) is 12.1 Å². The lowest BCUT2D eigenvalue weighted by atomic mass is 10.2. The predicted octanol–water partition coefficient (Wildman–Crippen LogP) is 3.00. The van der Waals surface area contributed by atoms with Gasteiger partial charge in [-0.15, -0.1) is 0 Å². The molecule has 4 nitrogen and oxygen atoms in total. The molecule has 0 bridgehead atoms. The highest BCUT2D eigenvalue weighted by molar-refractivity contribution is 9.11. The normalized spacial score (nSPS) is 20.4. The molecule has 0 radical (unpaired) electrons. The van der Waals surface area contributed by atoms with E-state index < -0.39 is 5.97 Å². The molecular weight excluding hydrogens is 396 g/mol. The first kappa shape index (κ1) is 15.3. The number of carboxylic acids is 1. The molecule has 1 aliphatic rings. The van der Waals surface area contributed by atoms with Gasteiger partial charge in [0.1, 0.15) is 0 Å². The number of nitrogens with zero attached hydrogens (tertiary/aromatic N) is 2. The maximum Gasteiger partial charge on any atom is 0.304 e. The standard InChI is InChI=1S/C12H14Br2N2O2S/c13-8-3-10(14)11(15-5-8)6-16-1-2-19-7-9(16)4-12(17)18/h3,5,9H,1-2,4,6-7H2,(H,17,18). The number of aliphatic carboxylic acids is 1. The average molecular weight is 410 g/mol. The van der Waals surface area contributed by atoms with Crippen molar-refractivity contribution in [3.05, 3.63) is 26.9 Å². The van der Waals surface area contributed by atoms with Gasteiger partial charge in [0.2, 0.25) is 0 Å². The maximum atomic E-state index is 10.9. The zero-order chi connectivity index (χ0) is 13.8. The molecule has 104 valence electrons. The molecule has 2 rings (SSSR count). The zero-order valence-corrected chi connectivity index (χ0v) is 14.2. The number of hydrogen-bond donors (Lipinski definition) is 1. The fraction of sp³-hybridized carbons (Fsp3) is 0.500. The quantitative estimate of drug-likeness (QED) is 0.828. The van der Waals surface area contributed by atoms with Gasteiger partial charge in [-0.1, -0.05) is 0 Å². The molecule has 7 heteroatoms. The van der Waals surface area contributed by atoms with Gasteiger partial charge < -0.3 is 5.11 Å². The molecule has 1 fully saturated rings. The van der Waals surface area contributed by atoms with Crippen LogP contribution in [0.15, 0.2) is 21.2 Å². The van der Waals surface area contributed by atoms with Crippen LogP contribution < -0.4 is 0 Å². The summed E-state index contributed by atoms with van der Waals surface area (Å²) in [5.74, 6) is 1.19. The first-order valence-corrected chi connectivity index (χ1v) is 8.64. The Balaban J connectivity index is 2.08. The number of rotatable bonds is 4. The molecule has 1 N–H and O–H groups in total. The zero-order valence-electron chi connectivity index (χ0n) is 10.2. The average Bonchev–Trinajstić information content (AvgIpc) is 2.34. The fourth-order valence-corrected chi connectivity index (χ4v) is 4.28. The van der Waals surface area contributed by atoms with Crippen molar-refractivity contribution in [2.24, 2.45) is 0 Å². The second-order valence-corrected chi connectivity index (χ2v) is 7.30. The minimum Gasteiger partial charge on any atom is -0.481 e. The van der Waals surface area contributed by atoms with Gasteiger partial charge in [-0.3, -0.25) is 14.7 Å². The van der Waals surface area contributed by atoms with E-state index >= 15 is 0 Å². The summed E-state index contributed by atoms with van der Waals surface area (Å²) >= 11 is 8.70. The number of aromatic nitrogens is 1. The van der Waals surface area contributed by atoms with Gasteiger partial charge in [0.25, 0.3) is 0 Å². The highest BCUT2D eigenvalue weighted by Crippen LogP contribution is 2.25. The van der Waals surface area contributed by atoms with Crippen LogP contribution in [0.25, 0.3) is 0 Å². The van der Waals surface area contributed by atoms with Crippen LogP contribution in [-0.2, 0) is 11.3 Å². The lowest BCUT2D eigenvalue weighted by Crippen LogP contribution is -2.43. The number of carboxylic acid groups (broad SMARTS) is 1. The number of hydrogen-bond acceptors (Lipinski definition) is 4. The van der Waals surface area contributed by atoms with Crippen molar-refractivity contribution in [1.29, 1.82) is 0 Å². The Hall–Kier alpha value is -0.110. The van der Waals surface area contributed by atoms with Crippen LogP contribution in [0.2, 0.25) is 0 Å². The van der Waals surface area contributed by atoms with E-state index in [2.05, 4.69) is 41.7 Å². The molecule has 0 aromatic carbocycles. The number of pyridine rings is 1. The molecule has 19 heavy (non-hydrogen) atoms. The summed E-state index contributed by atoms with van der Waals surface area (Å²) in [7, 11) is 0. The Morgan fingerprint density at radius 1 is 1.58 bits per heavy atom.